The van der Waals surface area contributed by atoms with Gasteiger partial charge in [0.1, 0.15) is 12.4 Å². The Morgan fingerprint density at radius 1 is 1.00 bits per heavy atom. The number of imidazole rings is 1. The minimum Gasteiger partial charge on any atom is -0.462 e. The van der Waals surface area contributed by atoms with Gasteiger partial charge in [0.05, 0.1) is 11.0 Å². The summed E-state index contributed by atoms with van der Waals surface area (Å²) in [6.07, 6.45) is 11.3. The van der Waals surface area contributed by atoms with Gasteiger partial charge in [-0.05, 0) is 80.8 Å². The zero-order valence-electron chi connectivity index (χ0n) is 17.5. The predicted octanol–water partition coefficient (Wildman–Crippen LogP) is 4.52. The number of amides is 1. The highest BCUT2D eigenvalue weighted by Crippen LogP contribution is 2.54. The number of aromatic nitrogens is 2. The van der Waals surface area contributed by atoms with Crippen molar-refractivity contribution in [2.24, 2.45) is 23.7 Å². The van der Waals surface area contributed by atoms with Gasteiger partial charge in [0, 0.05) is 13.0 Å². The van der Waals surface area contributed by atoms with Crippen LogP contribution < -0.4 is 5.32 Å². The molecule has 1 aromatic carbocycles. The Hall–Kier alpha value is -2.37. The molecule has 0 saturated heterocycles. The van der Waals surface area contributed by atoms with Gasteiger partial charge in [-0.15, -0.1) is 0 Å². The number of nitrogens with zero attached hydrogens (tertiary/aromatic N) is 2. The second-order valence-electron chi connectivity index (χ2n) is 9.53. The molecule has 0 atom stereocenters. The van der Waals surface area contributed by atoms with Crippen LogP contribution in [0.25, 0.3) is 11.0 Å². The predicted molar refractivity (Wildman–Crippen MR) is 114 cm³/mol. The molecule has 0 aliphatic heterocycles. The lowest BCUT2D eigenvalue weighted by Crippen LogP contribution is -2.50. The maximum absolute atomic E-state index is 12.4. The fourth-order valence-electron chi connectivity index (χ4n) is 6.25. The first-order valence-corrected chi connectivity index (χ1v) is 11.6. The van der Waals surface area contributed by atoms with Gasteiger partial charge in [-0.3, -0.25) is 9.36 Å². The van der Waals surface area contributed by atoms with E-state index in [2.05, 4.69) is 10.3 Å². The lowest BCUT2D eigenvalue weighted by Gasteiger charge is -2.53. The molecule has 0 spiro atoms. The summed E-state index contributed by atoms with van der Waals surface area (Å²) in [4.78, 5) is 28.9. The van der Waals surface area contributed by atoms with Crippen LogP contribution >= 0.6 is 0 Å². The van der Waals surface area contributed by atoms with E-state index in [1.807, 2.05) is 24.3 Å². The molecule has 0 unspecified atom stereocenters. The zero-order valence-corrected chi connectivity index (χ0v) is 17.5. The smallest absolute Gasteiger partial charge is 0.327 e. The van der Waals surface area contributed by atoms with Gasteiger partial charge in [0.25, 0.3) is 0 Å². The van der Waals surface area contributed by atoms with Crippen LogP contribution in [0.5, 0.6) is 0 Å². The Bertz CT molecular complexity index is 893. The standard InChI is InChI=1S/C24H31N3O3/c28-22(30-23-18-11-16-10-17(13-18)14-19(23)12-16)8-2-1-5-9-25-24(29)27-15-26-20-6-3-4-7-21(20)27/h3-4,6-7,15-19,23H,1-2,5,8-14H2,(H,25,29). The van der Waals surface area contributed by atoms with Crippen molar-refractivity contribution in [2.45, 2.75) is 63.9 Å². The average Bonchev–Trinajstić information content (AvgIpc) is 3.17. The highest BCUT2D eigenvalue weighted by Gasteiger charge is 2.49. The lowest BCUT2D eigenvalue weighted by atomic mass is 9.55. The van der Waals surface area contributed by atoms with Gasteiger partial charge in [0.15, 0.2) is 0 Å². The third kappa shape index (κ3) is 3.96. The van der Waals surface area contributed by atoms with E-state index in [0.717, 1.165) is 42.1 Å². The van der Waals surface area contributed by atoms with Crippen molar-refractivity contribution in [1.29, 1.82) is 0 Å². The molecule has 4 fully saturated rings. The van der Waals surface area contributed by atoms with Gasteiger partial charge >= 0.3 is 12.0 Å². The number of ether oxygens (including phenoxy) is 1. The van der Waals surface area contributed by atoms with Crippen LogP contribution in [0, 0.1) is 23.7 Å². The number of carbonyl (C=O) groups is 2. The molecule has 6 heteroatoms. The minimum absolute atomic E-state index is 0.0265. The topological polar surface area (TPSA) is 73.2 Å². The quantitative estimate of drug-likeness (QED) is 0.539. The molecular formula is C24H31N3O3. The Kier molecular flexibility index (Phi) is 5.48. The molecule has 2 aromatic rings. The molecular weight excluding hydrogens is 378 g/mol. The van der Waals surface area contributed by atoms with Crippen LogP contribution in [0.4, 0.5) is 4.79 Å². The molecule has 4 aliphatic rings. The molecule has 1 amide bonds. The fraction of sp³-hybridized carbons (Fsp3) is 0.625. The Morgan fingerprint density at radius 3 is 2.50 bits per heavy atom. The molecule has 4 bridgehead atoms. The van der Waals surface area contributed by atoms with E-state index in [4.69, 9.17) is 4.74 Å². The van der Waals surface area contributed by atoms with Crippen molar-refractivity contribution in [3.63, 3.8) is 0 Å². The monoisotopic (exact) mass is 409 g/mol. The Balaban J connectivity index is 0.993. The molecule has 4 saturated carbocycles. The maximum Gasteiger partial charge on any atom is 0.327 e. The van der Waals surface area contributed by atoms with Gasteiger partial charge < -0.3 is 10.1 Å². The Morgan fingerprint density at radius 2 is 1.73 bits per heavy atom. The van der Waals surface area contributed by atoms with Crippen LogP contribution in [0.15, 0.2) is 30.6 Å². The summed E-state index contributed by atoms with van der Waals surface area (Å²) >= 11 is 0. The maximum atomic E-state index is 12.4. The van der Waals surface area contributed by atoms with Crippen LogP contribution in [-0.4, -0.2) is 34.2 Å². The normalized spacial score (nSPS) is 29.3. The first-order chi connectivity index (χ1) is 14.7. The molecule has 0 radical (unpaired) electrons. The number of esters is 1. The molecule has 1 aromatic heterocycles. The van der Waals surface area contributed by atoms with Crippen LogP contribution in [0.2, 0.25) is 0 Å². The number of rotatable bonds is 7. The van der Waals surface area contributed by atoms with E-state index in [9.17, 15) is 9.59 Å². The molecule has 1 N–H and O–H groups in total. The zero-order chi connectivity index (χ0) is 20.5. The van der Waals surface area contributed by atoms with Crippen molar-refractivity contribution >= 4 is 23.0 Å². The number of hydrogen-bond donors (Lipinski definition) is 1. The summed E-state index contributed by atoms with van der Waals surface area (Å²) in [7, 11) is 0. The number of nitrogens with one attached hydrogen (secondary N) is 1. The van der Waals surface area contributed by atoms with Crippen LogP contribution in [0.3, 0.4) is 0 Å². The third-order valence-electron chi connectivity index (χ3n) is 7.41. The highest BCUT2D eigenvalue weighted by molar-refractivity contribution is 5.88. The van der Waals surface area contributed by atoms with Crippen molar-refractivity contribution in [3.05, 3.63) is 30.6 Å². The van der Waals surface area contributed by atoms with E-state index >= 15 is 0 Å². The van der Waals surface area contributed by atoms with Gasteiger partial charge in [0.2, 0.25) is 0 Å². The van der Waals surface area contributed by atoms with E-state index in [-0.39, 0.29) is 18.1 Å². The van der Waals surface area contributed by atoms with Gasteiger partial charge in [-0.25, -0.2) is 9.78 Å². The molecule has 6 rings (SSSR count). The summed E-state index contributed by atoms with van der Waals surface area (Å²) in [5.41, 5.74) is 1.62. The molecule has 1 heterocycles. The Labute approximate surface area is 177 Å². The minimum atomic E-state index is -0.162. The van der Waals surface area contributed by atoms with Crippen molar-refractivity contribution in [2.75, 3.05) is 6.54 Å². The summed E-state index contributed by atoms with van der Waals surface area (Å²) in [6.45, 7) is 0.593. The van der Waals surface area contributed by atoms with E-state index < -0.39 is 0 Å². The molecule has 160 valence electrons. The molecule has 4 aliphatic carbocycles. The van der Waals surface area contributed by atoms with Gasteiger partial charge in [-0.1, -0.05) is 18.6 Å². The number of benzene rings is 1. The number of hydrogen-bond acceptors (Lipinski definition) is 4. The largest absolute Gasteiger partial charge is 0.462 e. The summed E-state index contributed by atoms with van der Waals surface area (Å²) in [5, 5.41) is 2.93. The van der Waals surface area contributed by atoms with Crippen molar-refractivity contribution < 1.29 is 14.3 Å². The number of unbranched alkanes of at least 4 members (excludes halogenated alkanes) is 2. The first-order valence-electron chi connectivity index (χ1n) is 11.6. The van der Waals surface area contributed by atoms with E-state index in [0.29, 0.717) is 24.8 Å². The molecule has 30 heavy (non-hydrogen) atoms. The molecule has 6 nitrogen and oxygen atoms in total. The SMILES string of the molecule is O=C(CCCCCNC(=O)n1cnc2ccccc21)OC1C2CC3CC(C2)CC1C3. The summed E-state index contributed by atoms with van der Waals surface area (Å²) < 4.78 is 7.48. The average molecular weight is 410 g/mol. The van der Waals surface area contributed by atoms with E-state index in [1.54, 1.807) is 6.33 Å². The fourth-order valence-corrected chi connectivity index (χ4v) is 6.25. The summed E-state index contributed by atoms with van der Waals surface area (Å²) in [6, 6.07) is 7.42. The van der Waals surface area contributed by atoms with Gasteiger partial charge in [-0.2, -0.15) is 0 Å². The summed E-state index contributed by atoms with van der Waals surface area (Å²) in [5.74, 6) is 3.02. The number of carbonyl (C=O) groups excluding carboxylic acids is 2. The second kappa shape index (κ2) is 8.40. The van der Waals surface area contributed by atoms with E-state index in [1.165, 1.54) is 36.7 Å². The number of para-hydroxylation sites is 2. The van der Waals surface area contributed by atoms with Crippen molar-refractivity contribution in [1.82, 2.24) is 14.9 Å². The third-order valence-corrected chi connectivity index (χ3v) is 7.41. The first kappa shape index (κ1) is 19.6. The highest BCUT2D eigenvalue weighted by atomic mass is 16.5. The van der Waals surface area contributed by atoms with Crippen LogP contribution in [-0.2, 0) is 9.53 Å². The lowest BCUT2D eigenvalue weighted by molar-refractivity contribution is -0.170. The second-order valence-corrected chi connectivity index (χ2v) is 9.53. The van der Waals surface area contributed by atoms with Crippen LogP contribution in [0.1, 0.15) is 57.8 Å². The number of fused-ring (bicyclic) bond motifs is 1. The van der Waals surface area contributed by atoms with Crippen molar-refractivity contribution in [3.8, 4) is 0 Å².